The summed E-state index contributed by atoms with van der Waals surface area (Å²) in [5.74, 6) is -11.2. The number of carbonyl (C=O) groups is 3. The van der Waals surface area contributed by atoms with Crippen molar-refractivity contribution in [3.05, 3.63) is 71.8 Å². The molecule has 3 N–H and O–H groups in total. The summed E-state index contributed by atoms with van der Waals surface area (Å²) in [6.45, 7) is 0.479. The number of imide groups is 1. The number of nitrogens with one attached hydrogen (secondary N) is 1. The highest BCUT2D eigenvalue weighted by atomic mass is 19.2. The van der Waals surface area contributed by atoms with E-state index < -0.39 is 64.5 Å². The van der Waals surface area contributed by atoms with Crippen LogP contribution in [0, 0.1) is 29.1 Å². The maximum absolute atomic E-state index is 15.5. The Kier molecular flexibility index (Phi) is 8.60. The molecule has 0 spiro atoms. The van der Waals surface area contributed by atoms with Gasteiger partial charge in [-0.15, -0.1) is 0 Å². The Labute approximate surface area is 250 Å². The molecule has 45 heavy (non-hydrogen) atoms. The van der Waals surface area contributed by atoms with Crippen LogP contribution >= 0.6 is 0 Å². The zero-order valence-electron chi connectivity index (χ0n) is 23.2. The van der Waals surface area contributed by atoms with Crippen LogP contribution in [-0.2, 0) is 14.3 Å². The Bertz CT molecular complexity index is 1840. The highest BCUT2D eigenvalue weighted by Crippen LogP contribution is 2.37. The van der Waals surface area contributed by atoms with Crippen molar-refractivity contribution in [2.75, 3.05) is 25.9 Å². The molecule has 0 saturated carbocycles. The number of likely N-dealkylation sites (tertiary alicyclic amines) is 1. The zero-order valence-corrected chi connectivity index (χ0v) is 23.2. The fraction of sp³-hybridized carbons (Fsp3) is 0.214. The lowest BCUT2D eigenvalue weighted by atomic mass is 10.1. The van der Waals surface area contributed by atoms with Crippen LogP contribution in [0.15, 0.2) is 42.7 Å². The number of piperidine rings is 1. The average molecular weight is 632 g/mol. The van der Waals surface area contributed by atoms with Crippen molar-refractivity contribution in [1.82, 2.24) is 30.0 Å². The van der Waals surface area contributed by atoms with Crippen LogP contribution in [0.3, 0.4) is 0 Å². The molecule has 0 radical (unpaired) electrons. The van der Waals surface area contributed by atoms with Crippen LogP contribution < -0.4 is 15.8 Å². The van der Waals surface area contributed by atoms with Gasteiger partial charge < -0.3 is 20.1 Å². The summed E-state index contributed by atoms with van der Waals surface area (Å²) >= 11 is 0. The monoisotopic (exact) mass is 631 g/mol. The standard InChI is InChI=1S/C28H22F5N7O5/c1-44-28(43)37-19(41)6-7-20(42)39-8-2-3-13(11-39)40-27-21(26(34)35-12-36-27)24(38-40)15-5-4-14(9-16(15)29)45-25-22(32)17(30)10-18(31)23(25)33/h4-7,9-10,12-13H,2-3,8,11H2,1H3,(H2,34,35,36)(H,37,41,43)/b7-6+. The molecule has 3 amide bonds. The Morgan fingerprint density at radius 3 is 2.44 bits per heavy atom. The van der Waals surface area contributed by atoms with Crippen molar-refractivity contribution in [2.45, 2.75) is 18.9 Å². The molecule has 5 rings (SSSR count). The molecule has 1 saturated heterocycles. The van der Waals surface area contributed by atoms with Gasteiger partial charge in [0.25, 0.3) is 5.91 Å². The van der Waals surface area contributed by atoms with Crippen molar-refractivity contribution in [3.8, 4) is 22.8 Å². The SMILES string of the molecule is COC(=O)NC(=O)/C=C/C(=O)N1CCCC(n2nc(-c3ccc(Oc4c(F)c(F)cc(F)c4F)cc3F)c3c(N)ncnc32)C1. The number of benzene rings is 2. The molecule has 1 fully saturated rings. The maximum atomic E-state index is 15.5. The van der Waals surface area contributed by atoms with E-state index in [1.807, 2.05) is 5.32 Å². The summed E-state index contributed by atoms with van der Waals surface area (Å²) < 4.78 is 81.6. The lowest BCUT2D eigenvalue weighted by molar-refractivity contribution is -0.128. The first-order valence-electron chi connectivity index (χ1n) is 13.1. The average Bonchev–Trinajstić information content (AvgIpc) is 3.41. The van der Waals surface area contributed by atoms with Gasteiger partial charge in [-0.1, -0.05) is 0 Å². The summed E-state index contributed by atoms with van der Waals surface area (Å²) in [7, 11) is 1.08. The van der Waals surface area contributed by atoms with Crippen molar-refractivity contribution in [1.29, 1.82) is 0 Å². The van der Waals surface area contributed by atoms with E-state index in [0.717, 1.165) is 37.5 Å². The van der Waals surface area contributed by atoms with Crippen molar-refractivity contribution in [2.24, 2.45) is 0 Å². The van der Waals surface area contributed by atoms with Crippen molar-refractivity contribution in [3.63, 3.8) is 0 Å². The number of fused-ring (bicyclic) bond motifs is 1. The second kappa shape index (κ2) is 12.6. The molecule has 1 atom stereocenters. The number of anilines is 1. The number of aromatic nitrogens is 4. The zero-order chi connectivity index (χ0) is 32.4. The number of carbonyl (C=O) groups excluding carboxylic acids is 3. The minimum Gasteiger partial charge on any atom is -0.453 e. The Morgan fingerprint density at radius 2 is 1.76 bits per heavy atom. The molecule has 2 aromatic heterocycles. The lowest BCUT2D eigenvalue weighted by Gasteiger charge is -2.32. The first kappa shape index (κ1) is 30.8. The first-order chi connectivity index (χ1) is 21.5. The molecule has 1 unspecified atom stereocenters. The van der Waals surface area contributed by atoms with Crippen LogP contribution in [0.5, 0.6) is 11.5 Å². The van der Waals surface area contributed by atoms with Crippen LogP contribution in [0.1, 0.15) is 18.9 Å². The Hall–Kier alpha value is -5.61. The van der Waals surface area contributed by atoms with Gasteiger partial charge in [0.2, 0.25) is 23.3 Å². The summed E-state index contributed by atoms with van der Waals surface area (Å²) in [6, 6.07) is 2.56. The molecule has 3 heterocycles. The van der Waals surface area contributed by atoms with Gasteiger partial charge in [0, 0.05) is 42.9 Å². The third-order valence-electron chi connectivity index (χ3n) is 6.85. The summed E-state index contributed by atoms with van der Waals surface area (Å²) in [5, 5.41) is 6.62. The van der Waals surface area contributed by atoms with E-state index in [1.54, 1.807) is 0 Å². The van der Waals surface area contributed by atoms with E-state index in [0.29, 0.717) is 19.4 Å². The number of halogens is 5. The van der Waals surface area contributed by atoms with Gasteiger partial charge in [0.05, 0.1) is 18.5 Å². The van der Waals surface area contributed by atoms with E-state index in [4.69, 9.17) is 10.5 Å². The molecular weight excluding hydrogens is 609 g/mol. The van der Waals surface area contributed by atoms with E-state index in [1.165, 1.54) is 15.9 Å². The predicted octanol–water partition coefficient (Wildman–Crippen LogP) is 4.17. The number of rotatable bonds is 6. The van der Waals surface area contributed by atoms with Gasteiger partial charge in [-0.05, 0) is 25.0 Å². The molecule has 234 valence electrons. The van der Waals surface area contributed by atoms with E-state index >= 15 is 4.39 Å². The fourth-order valence-electron chi connectivity index (χ4n) is 4.75. The highest BCUT2D eigenvalue weighted by Gasteiger charge is 2.29. The third kappa shape index (κ3) is 6.22. The molecule has 17 heteroatoms. The highest BCUT2D eigenvalue weighted by molar-refractivity contribution is 6.02. The van der Waals surface area contributed by atoms with Gasteiger partial charge in [-0.25, -0.2) is 32.6 Å². The number of hydrogen-bond acceptors (Lipinski definition) is 9. The second-order valence-corrected chi connectivity index (χ2v) is 9.69. The summed E-state index contributed by atoms with van der Waals surface area (Å²) in [5.41, 5.74) is 6.21. The lowest BCUT2D eigenvalue weighted by Crippen LogP contribution is -2.40. The maximum Gasteiger partial charge on any atom is 0.413 e. The minimum absolute atomic E-state index is 0.00383. The topological polar surface area (TPSA) is 155 Å². The molecule has 0 aliphatic carbocycles. The van der Waals surface area contributed by atoms with Gasteiger partial charge in [-0.2, -0.15) is 13.9 Å². The van der Waals surface area contributed by atoms with Crippen LogP contribution in [0.25, 0.3) is 22.3 Å². The summed E-state index contributed by atoms with van der Waals surface area (Å²) in [6.07, 6.45) is 3.16. The van der Waals surface area contributed by atoms with Gasteiger partial charge in [0.15, 0.2) is 17.3 Å². The number of alkyl carbamates (subject to hydrolysis) is 1. The van der Waals surface area contributed by atoms with Gasteiger partial charge >= 0.3 is 6.09 Å². The van der Waals surface area contributed by atoms with Crippen LogP contribution in [0.2, 0.25) is 0 Å². The van der Waals surface area contributed by atoms with Crippen molar-refractivity contribution >= 4 is 34.8 Å². The largest absolute Gasteiger partial charge is 0.453 e. The molecule has 1 aliphatic heterocycles. The second-order valence-electron chi connectivity index (χ2n) is 9.69. The van der Waals surface area contributed by atoms with Crippen LogP contribution in [0.4, 0.5) is 32.6 Å². The number of nitrogens with zero attached hydrogens (tertiary/aromatic N) is 5. The van der Waals surface area contributed by atoms with E-state index in [-0.39, 0.29) is 40.7 Å². The molecule has 12 nitrogen and oxygen atoms in total. The Morgan fingerprint density at radius 1 is 1.02 bits per heavy atom. The van der Waals surface area contributed by atoms with Crippen molar-refractivity contribution < 1.29 is 45.8 Å². The van der Waals surface area contributed by atoms with Gasteiger partial charge in [-0.3, -0.25) is 14.9 Å². The number of amides is 3. The normalized spacial score (nSPS) is 15.0. The number of ether oxygens (including phenoxy) is 2. The Balaban J connectivity index is 1.43. The molecule has 0 bridgehead atoms. The quantitative estimate of drug-likeness (QED) is 0.181. The number of methoxy groups -OCH3 is 1. The number of nitrogens with two attached hydrogens (primary N) is 1. The summed E-state index contributed by atoms with van der Waals surface area (Å²) in [4.78, 5) is 45.4. The predicted molar refractivity (Wildman–Crippen MR) is 146 cm³/mol. The molecule has 4 aromatic rings. The smallest absolute Gasteiger partial charge is 0.413 e. The number of nitrogen functional groups attached to an aromatic ring is 1. The number of hydrogen-bond donors (Lipinski definition) is 2. The first-order valence-corrected chi connectivity index (χ1v) is 13.1. The minimum atomic E-state index is -1.80. The molecular formula is C28H22F5N7O5. The van der Waals surface area contributed by atoms with Crippen LogP contribution in [-0.4, -0.2) is 62.8 Å². The molecule has 2 aromatic carbocycles. The van der Waals surface area contributed by atoms with E-state index in [9.17, 15) is 31.9 Å². The van der Waals surface area contributed by atoms with Gasteiger partial charge in [0.1, 0.15) is 29.4 Å². The van der Waals surface area contributed by atoms with E-state index in [2.05, 4.69) is 19.8 Å². The molecule has 1 aliphatic rings. The third-order valence-corrected chi connectivity index (χ3v) is 6.85. The fourth-order valence-corrected chi connectivity index (χ4v) is 4.75.